The van der Waals surface area contributed by atoms with Crippen molar-refractivity contribution < 1.29 is 14.3 Å². The second-order valence-electron chi connectivity index (χ2n) is 5.95. The minimum atomic E-state index is -0.488. The fraction of sp³-hybridized carbons (Fsp3) is 0.435. The molecule has 1 atom stereocenters. The van der Waals surface area contributed by atoms with Crippen molar-refractivity contribution in [1.82, 2.24) is 4.72 Å². The Balaban J connectivity index is 0.00000184. The van der Waals surface area contributed by atoms with Gasteiger partial charge in [-0.15, -0.1) is 0 Å². The van der Waals surface area contributed by atoms with Crippen molar-refractivity contribution >= 4 is 17.9 Å². The number of ether oxygens (including phenoxy) is 2. The lowest BCUT2D eigenvalue weighted by molar-refractivity contribution is 0.0996. The highest BCUT2D eigenvalue weighted by Crippen LogP contribution is 2.28. The number of hydrogen-bond donors (Lipinski definition) is 2. The lowest BCUT2D eigenvalue weighted by Gasteiger charge is -2.17. The first-order valence-corrected chi connectivity index (χ1v) is 10.8. The van der Waals surface area contributed by atoms with Crippen LogP contribution < -0.4 is 19.9 Å². The summed E-state index contributed by atoms with van der Waals surface area (Å²) in [6.45, 7) is 14.3. The third-order valence-electron chi connectivity index (χ3n) is 3.58. The number of methoxy groups -OCH3 is 1. The summed E-state index contributed by atoms with van der Waals surface area (Å²) in [6, 6.07) is 11.5. The lowest BCUT2D eigenvalue weighted by atomic mass is 10.1. The summed E-state index contributed by atoms with van der Waals surface area (Å²) in [4.78, 5) is 12.5. The number of aryl methyl sites for hydroxylation is 2. The molecule has 5 nitrogen and oxygen atoms in total. The molecule has 2 aromatic rings. The van der Waals surface area contributed by atoms with Crippen LogP contribution >= 0.6 is 11.9 Å². The Bertz CT molecular complexity index is 751. The van der Waals surface area contributed by atoms with Crippen LogP contribution in [0.1, 0.15) is 56.1 Å². The predicted octanol–water partition coefficient (Wildman–Crippen LogP) is 5.53. The highest BCUT2D eigenvalue weighted by atomic mass is 32.2. The van der Waals surface area contributed by atoms with Crippen molar-refractivity contribution in [3.05, 3.63) is 53.1 Å². The Morgan fingerprint density at radius 2 is 1.62 bits per heavy atom. The summed E-state index contributed by atoms with van der Waals surface area (Å²) in [7, 11) is 1.66. The quantitative estimate of drug-likeness (QED) is 0.550. The van der Waals surface area contributed by atoms with E-state index in [1.807, 2.05) is 72.7 Å². The van der Waals surface area contributed by atoms with Crippen LogP contribution in [0, 0.1) is 13.8 Å². The number of primary amides is 1. The Morgan fingerprint density at radius 1 is 1.03 bits per heavy atom. The molecule has 0 heterocycles. The van der Waals surface area contributed by atoms with Crippen LogP contribution in [0.15, 0.2) is 41.3 Å². The van der Waals surface area contributed by atoms with E-state index in [1.165, 1.54) is 11.9 Å². The molecule has 0 aliphatic rings. The van der Waals surface area contributed by atoms with E-state index in [9.17, 15) is 4.79 Å². The maximum absolute atomic E-state index is 11.5. The monoisotopic (exact) mass is 420 g/mol. The number of carbonyl (C=O) groups excluding carboxylic acids is 1. The highest BCUT2D eigenvalue weighted by Gasteiger charge is 2.12. The van der Waals surface area contributed by atoms with Crippen LogP contribution in [-0.4, -0.2) is 25.7 Å². The number of hydrogen-bond acceptors (Lipinski definition) is 5. The minimum Gasteiger partial charge on any atom is -0.496 e. The zero-order valence-corrected chi connectivity index (χ0v) is 19.8. The summed E-state index contributed by atoms with van der Waals surface area (Å²) in [6.07, 6.45) is 0. The third-order valence-corrected chi connectivity index (χ3v) is 4.66. The van der Waals surface area contributed by atoms with Gasteiger partial charge in [0, 0.05) is 6.04 Å². The molecule has 0 spiro atoms. The summed E-state index contributed by atoms with van der Waals surface area (Å²) in [5, 5.41) is 0. The number of rotatable bonds is 8. The van der Waals surface area contributed by atoms with Crippen LogP contribution in [0.5, 0.6) is 11.5 Å². The smallest absolute Gasteiger partial charge is 0.252 e. The van der Waals surface area contributed by atoms with Crippen LogP contribution in [0.4, 0.5) is 0 Å². The summed E-state index contributed by atoms with van der Waals surface area (Å²) >= 11 is 1.49. The van der Waals surface area contributed by atoms with Gasteiger partial charge in [0.15, 0.2) is 0 Å². The molecule has 1 amide bonds. The molecule has 0 aromatic heterocycles. The van der Waals surface area contributed by atoms with Crippen molar-refractivity contribution in [2.45, 2.75) is 59.4 Å². The fourth-order valence-electron chi connectivity index (χ4n) is 2.23. The molecule has 0 fully saturated rings. The van der Waals surface area contributed by atoms with Gasteiger partial charge in [-0.1, -0.05) is 45.4 Å². The number of nitrogens with two attached hydrogens (primary N) is 1. The van der Waals surface area contributed by atoms with Crippen molar-refractivity contribution in [2.24, 2.45) is 5.73 Å². The average Bonchev–Trinajstić information content (AvgIpc) is 2.74. The first-order valence-electron chi connectivity index (χ1n) is 10.0. The Kier molecular flexibility index (Phi) is 13.7. The predicted molar refractivity (Wildman–Crippen MR) is 124 cm³/mol. The van der Waals surface area contributed by atoms with E-state index >= 15 is 0 Å². The van der Waals surface area contributed by atoms with Crippen LogP contribution in [0.25, 0.3) is 0 Å². The van der Waals surface area contributed by atoms with Gasteiger partial charge in [0.1, 0.15) is 18.1 Å². The van der Waals surface area contributed by atoms with Gasteiger partial charge < -0.3 is 15.2 Å². The van der Waals surface area contributed by atoms with Crippen molar-refractivity contribution in [3.8, 4) is 11.5 Å². The van der Waals surface area contributed by atoms with Crippen molar-refractivity contribution in [2.75, 3.05) is 13.7 Å². The van der Waals surface area contributed by atoms with Crippen LogP contribution in [0.3, 0.4) is 0 Å². The minimum absolute atomic E-state index is 0.0537. The zero-order chi connectivity index (χ0) is 22.4. The number of nitrogens with one attached hydrogen (secondary N) is 1. The first kappa shape index (κ1) is 26.8. The SMILES string of the molecule is CC.CC.COc1cc(C)ccc1SN[C@@H](C)COc1ccc(C)cc1C(N)=O. The van der Waals surface area contributed by atoms with E-state index in [4.69, 9.17) is 15.2 Å². The lowest BCUT2D eigenvalue weighted by Crippen LogP contribution is -2.27. The van der Waals surface area contributed by atoms with Gasteiger partial charge in [-0.05, 0) is 62.5 Å². The number of benzene rings is 2. The molecule has 0 saturated carbocycles. The van der Waals surface area contributed by atoms with Gasteiger partial charge in [-0.25, -0.2) is 0 Å². The van der Waals surface area contributed by atoms with E-state index in [0.717, 1.165) is 21.8 Å². The average molecular weight is 421 g/mol. The molecule has 29 heavy (non-hydrogen) atoms. The molecule has 0 saturated heterocycles. The molecule has 6 heteroatoms. The standard InChI is InChI=1S/C19H24N2O3S.2C2H6/c1-12-5-7-16(15(9-12)19(20)22)24-11-14(3)21-25-18-8-6-13(2)10-17(18)23-4;2*1-2/h5-10,14,21H,11H2,1-4H3,(H2,20,22);2*1-2H3/t14-;;/m0../s1. The van der Waals surface area contributed by atoms with Gasteiger partial charge in [0.25, 0.3) is 5.91 Å². The maximum Gasteiger partial charge on any atom is 0.252 e. The molecular formula is C23H36N2O3S. The number of carbonyl (C=O) groups is 1. The zero-order valence-electron chi connectivity index (χ0n) is 19.0. The van der Waals surface area contributed by atoms with E-state index in [0.29, 0.717) is 17.9 Å². The summed E-state index contributed by atoms with van der Waals surface area (Å²) in [5.74, 6) is 0.850. The first-order chi connectivity index (χ1) is 13.9. The molecule has 0 aliphatic carbocycles. The number of amides is 1. The second kappa shape index (κ2) is 14.8. The fourth-order valence-corrected chi connectivity index (χ4v) is 3.01. The van der Waals surface area contributed by atoms with Crippen LogP contribution in [0.2, 0.25) is 0 Å². The van der Waals surface area contributed by atoms with E-state index in [-0.39, 0.29) is 6.04 Å². The van der Waals surface area contributed by atoms with E-state index < -0.39 is 5.91 Å². The van der Waals surface area contributed by atoms with Gasteiger partial charge in [-0.3, -0.25) is 9.52 Å². The maximum atomic E-state index is 11.5. The second-order valence-corrected chi connectivity index (χ2v) is 6.83. The third kappa shape index (κ3) is 9.24. The molecule has 3 N–H and O–H groups in total. The molecule has 0 unspecified atom stereocenters. The topological polar surface area (TPSA) is 73.6 Å². The van der Waals surface area contributed by atoms with Gasteiger partial charge >= 0.3 is 0 Å². The largest absolute Gasteiger partial charge is 0.496 e. The Morgan fingerprint density at radius 3 is 2.21 bits per heavy atom. The van der Waals surface area contributed by atoms with Crippen molar-refractivity contribution in [1.29, 1.82) is 0 Å². The van der Waals surface area contributed by atoms with Crippen LogP contribution in [-0.2, 0) is 0 Å². The molecular weight excluding hydrogens is 384 g/mol. The summed E-state index contributed by atoms with van der Waals surface area (Å²) < 4.78 is 14.5. The normalized spacial score (nSPS) is 10.6. The highest BCUT2D eigenvalue weighted by molar-refractivity contribution is 7.97. The van der Waals surface area contributed by atoms with Gasteiger partial charge in [0.2, 0.25) is 0 Å². The Labute approximate surface area is 180 Å². The molecule has 0 aliphatic heterocycles. The summed E-state index contributed by atoms with van der Waals surface area (Å²) in [5.41, 5.74) is 7.93. The Hall–Kier alpha value is -2.18. The van der Waals surface area contributed by atoms with Gasteiger partial charge in [-0.2, -0.15) is 0 Å². The van der Waals surface area contributed by atoms with E-state index in [1.54, 1.807) is 19.2 Å². The molecule has 2 rings (SSSR count). The molecule has 0 radical (unpaired) electrons. The molecule has 162 valence electrons. The van der Waals surface area contributed by atoms with Crippen molar-refractivity contribution in [3.63, 3.8) is 0 Å². The molecule has 2 aromatic carbocycles. The van der Waals surface area contributed by atoms with E-state index in [2.05, 4.69) is 4.72 Å². The van der Waals surface area contributed by atoms with Gasteiger partial charge in [0.05, 0.1) is 17.6 Å². The molecule has 0 bridgehead atoms.